The highest BCUT2D eigenvalue weighted by Crippen LogP contribution is 2.24. The molecule has 2 aromatic rings. The molecule has 0 N–H and O–H groups in total. The summed E-state index contributed by atoms with van der Waals surface area (Å²) < 4.78 is 0. The van der Waals surface area contributed by atoms with Crippen molar-refractivity contribution in [3.63, 3.8) is 0 Å². The maximum Gasteiger partial charge on any atom is 0.0328 e. The molecule has 0 radical (unpaired) electrons. The number of aromatic nitrogens is 1. The van der Waals surface area contributed by atoms with Crippen LogP contribution in [-0.2, 0) is 19.6 Å². The molecule has 0 saturated carbocycles. The highest BCUT2D eigenvalue weighted by molar-refractivity contribution is 7.11. The van der Waals surface area contributed by atoms with Crippen molar-refractivity contribution in [3.8, 4) is 0 Å². The average Bonchev–Trinajstić information content (AvgIpc) is 3.40. The van der Waals surface area contributed by atoms with Gasteiger partial charge in [-0.25, -0.2) is 0 Å². The molecule has 4 nitrogen and oxygen atoms in total. The molecular weight excluding hydrogens is 364 g/mol. The summed E-state index contributed by atoms with van der Waals surface area (Å²) >= 11 is 2.03. The Morgan fingerprint density at radius 3 is 2.36 bits per heavy atom. The van der Waals surface area contributed by atoms with Crippen LogP contribution in [0, 0.1) is 0 Å². The zero-order valence-electron chi connectivity index (χ0n) is 17.2. The van der Waals surface area contributed by atoms with E-state index in [1.54, 1.807) is 4.88 Å². The van der Waals surface area contributed by atoms with Crippen molar-refractivity contribution in [3.05, 3.63) is 52.0 Å². The number of hydrogen-bond acceptors (Lipinski definition) is 5. The Balaban J connectivity index is 1.31. The molecule has 2 aliphatic heterocycles. The lowest BCUT2D eigenvalue weighted by Crippen LogP contribution is -2.47. The van der Waals surface area contributed by atoms with Gasteiger partial charge >= 0.3 is 0 Å². The monoisotopic (exact) mass is 398 g/mol. The second-order valence-corrected chi connectivity index (χ2v) is 9.55. The summed E-state index contributed by atoms with van der Waals surface area (Å²) in [5.41, 5.74) is 1.37. The number of rotatable bonds is 8. The zero-order valence-corrected chi connectivity index (χ0v) is 18.0. The number of hydrogen-bond donors (Lipinski definition) is 0. The molecule has 4 heterocycles. The van der Waals surface area contributed by atoms with Crippen molar-refractivity contribution in [2.75, 3.05) is 32.7 Å². The van der Waals surface area contributed by atoms with E-state index in [0.29, 0.717) is 6.04 Å². The quantitative estimate of drug-likeness (QED) is 0.664. The van der Waals surface area contributed by atoms with Crippen LogP contribution in [0.25, 0.3) is 0 Å². The molecule has 4 rings (SSSR count). The van der Waals surface area contributed by atoms with Crippen molar-refractivity contribution >= 4 is 11.3 Å². The van der Waals surface area contributed by atoms with E-state index in [2.05, 4.69) is 50.9 Å². The summed E-state index contributed by atoms with van der Waals surface area (Å²) in [4.78, 5) is 15.2. The summed E-state index contributed by atoms with van der Waals surface area (Å²) in [5, 5.41) is 0. The van der Waals surface area contributed by atoms with Crippen LogP contribution in [0.2, 0.25) is 0 Å². The van der Waals surface area contributed by atoms with Gasteiger partial charge in [0.05, 0.1) is 0 Å². The smallest absolute Gasteiger partial charge is 0.0328 e. The van der Waals surface area contributed by atoms with E-state index in [9.17, 15) is 0 Å². The molecule has 2 fully saturated rings. The van der Waals surface area contributed by atoms with Gasteiger partial charge in [0, 0.05) is 54.4 Å². The Morgan fingerprint density at radius 2 is 1.64 bits per heavy atom. The fourth-order valence-electron chi connectivity index (χ4n) is 4.67. The van der Waals surface area contributed by atoms with Gasteiger partial charge in [-0.1, -0.05) is 6.92 Å². The Hall–Kier alpha value is -1.27. The fourth-order valence-corrected chi connectivity index (χ4v) is 5.77. The van der Waals surface area contributed by atoms with Gasteiger partial charge in [-0.15, -0.1) is 11.3 Å². The van der Waals surface area contributed by atoms with Crippen LogP contribution in [0.1, 0.15) is 47.9 Å². The first kappa shape index (κ1) is 20.0. The predicted molar refractivity (Wildman–Crippen MR) is 117 cm³/mol. The summed E-state index contributed by atoms with van der Waals surface area (Å²) in [7, 11) is 0. The molecule has 0 aromatic carbocycles. The van der Waals surface area contributed by atoms with E-state index < -0.39 is 0 Å². The molecule has 28 heavy (non-hydrogen) atoms. The zero-order chi connectivity index (χ0) is 19.2. The van der Waals surface area contributed by atoms with Crippen LogP contribution >= 0.6 is 11.3 Å². The number of piperidine rings is 1. The normalized spacial score (nSPS) is 21.6. The second kappa shape index (κ2) is 9.97. The topological polar surface area (TPSA) is 22.6 Å². The minimum atomic E-state index is 0.663. The van der Waals surface area contributed by atoms with Crippen molar-refractivity contribution in [1.82, 2.24) is 19.7 Å². The minimum Gasteiger partial charge on any atom is -0.298 e. The lowest BCUT2D eigenvalue weighted by atomic mass is 10.0. The number of likely N-dealkylation sites (tertiary alicyclic amines) is 2. The molecule has 0 amide bonds. The number of likely N-dealkylation sites (N-methyl/N-ethyl adjacent to an activating group) is 1. The Bertz CT molecular complexity index is 710. The number of nitrogens with zero attached hydrogens (tertiary/aromatic N) is 4. The molecule has 2 saturated heterocycles. The van der Waals surface area contributed by atoms with E-state index >= 15 is 0 Å². The molecule has 2 aliphatic rings. The van der Waals surface area contributed by atoms with E-state index in [4.69, 9.17) is 0 Å². The van der Waals surface area contributed by atoms with Crippen molar-refractivity contribution in [2.45, 2.75) is 58.3 Å². The second-order valence-electron chi connectivity index (χ2n) is 8.30. The van der Waals surface area contributed by atoms with Crippen LogP contribution < -0.4 is 0 Å². The van der Waals surface area contributed by atoms with Crippen molar-refractivity contribution < 1.29 is 0 Å². The van der Waals surface area contributed by atoms with Gasteiger partial charge in [0.15, 0.2) is 0 Å². The Labute approximate surface area is 174 Å². The van der Waals surface area contributed by atoms with Gasteiger partial charge < -0.3 is 0 Å². The van der Waals surface area contributed by atoms with E-state index in [1.165, 1.54) is 62.3 Å². The third kappa shape index (κ3) is 5.41. The predicted octanol–water partition coefficient (Wildman–Crippen LogP) is 4.23. The van der Waals surface area contributed by atoms with Crippen molar-refractivity contribution in [1.29, 1.82) is 0 Å². The summed E-state index contributed by atoms with van der Waals surface area (Å²) in [5.74, 6) is 0. The van der Waals surface area contributed by atoms with E-state index in [1.807, 2.05) is 23.7 Å². The molecule has 0 bridgehead atoms. The molecule has 152 valence electrons. The fraction of sp³-hybridized carbons (Fsp3) is 0.609. The third-order valence-corrected chi connectivity index (χ3v) is 7.27. The van der Waals surface area contributed by atoms with E-state index in [-0.39, 0.29) is 0 Å². The lowest BCUT2D eigenvalue weighted by molar-refractivity contribution is 0.0923. The molecule has 5 heteroatoms. The first-order chi connectivity index (χ1) is 13.8. The first-order valence-electron chi connectivity index (χ1n) is 11.0. The van der Waals surface area contributed by atoms with Crippen LogP contribution in [-0.4, -0.2) is 58.4 Å². The van der Waals surface area contributed by atoms with E-state index in [0.717, 1.165) is 26.2 Å². The van der Waals surface area contributed by atoms with Gasteiger partial charge in [-0.05, 0) is 81.7 Å². The number of thiophene rings is 1. The SMILES string of the molecule is CCN(Cc1ccncc1)C1CCCN(Cc2ccc(CN3CCCC3)s2)C1. The summed E-state index contributed by atoms with van der Waals surface area (Å²) in [6.45, 7) is 11.7. The largest absolute Gasteiger partial charge is 0.298 e. The Morgan fingerprint density at radius 1 is 0.964 bits per heavy atom. The molecule has 1 atom stereocenters. The lowest BCUT2D eigenvalue weighted by Gasteiger charge is -2.39. The highest BCUT2D eigenvalue weighted by Gasteiger charge is 2.25. The average molecular weight is 399 g/mol. The maximum absolute atomic E-state index is 4.16. The van der Waals surface area contributed by atoms with Gasteiger partial charge in [0.2, 0.25) is 0 Å². The third-order valence-electron chi connectivity index (χ3n) is 6.21. The first-order valence-corrected chi connectivity index (χ1v) is 11.8. The van der Waals surface area contributed by atoms with Gasteiger partial charge in [-0.3, -0.25) is 19.7 Å². The van der Waals surface area contributed by atoms with Crippen LogP contribution in [0.15, 0.2) is 36.7 Å². The van der Waals surface area contributed by atoms with Gasteiger partial charge in [0.1, 0.15) is 0 Å². The summed E-state index contributed by atoms with van der Waals surface area (Å²) in [6, 6.07) is 9.69. The van der Waals surface area contributed by atoms with Crippen molar-refractivity contribution in [2.24, 2.45) is 0 Å². The van der Waals surface area contributed by atoms with Crippen LogP contribution in [0.4, 0.5) is 0 Å². The molecule has 0 spiro atoms. The summed E-state index contributed by atoms with van der Waals surface area (Å²) in [6.07, 6.45) is 9.20. The van der Waals surface area contributed by atoms with Crippen LogP contribution in [0.3, 0.4) is 0 Å². The maximum atomic E-state index is 4.16. The molecule has 2 aromatic heterocycles. The Kier molecular flexibility index (Phi) is 7.13. The molecule has 1 unspecified atom stereocenters. The van der Waals surface area contributed by atoms with Gasteiger partial charge in [-0.2, -0.15) is 0 Å². The molecule has 0 aliphatic carbocycles. The number of pyridine rings is 1. The molecular formula is C23H34N4S. The highest BCUT2D eigenvalue weighted by atomic mass is 32.1. The van der Waals surface area contributed by atoms with Crippen LogP contribution in [0.5, 0.6) is 0 Å². The van der Waals surface area contributed by atoms with Gasteiger partial charge in [0.25, 0.3) is 0 Å². The standard InChI is InChI=1S/C23H34N4S/c1-2-27(16-20-9-11-24-12-10-20)21-6-5-15-26(17-21)19-23-8-7-22(28-23)18-25-13-3-4-14-25/h7-12,21H,2-6,13-19H2,1H3. The minimum absolute atomic E-state index is 0.663.